The summed E-state index contributed by atoms with van der Waals surface area (Å²) in [6.07, 6.45) is 1.44. The average Bonchev–Trinajstić information content (AvgIpc) is 2.65. The van der Waals surface area contributed by atoms with Crippen LogP contribution in [0.3, 0.4) is 0 Å². The molecule has 28 heavy (non-hydrogen) atoms. The van der Waals surface area contributed by atoms with E-state index in [0.29, 0.717) is 12.2 Å². The molecule has 6 nitrogen and oxygen atoms in total. The predicted molar refractivity (Wildman–Crippen MR) is 110 cm³/mol. The molecule has 0 aliphatic carbocycles. The molecule has 2 aromatic rings. The Morgan fingerprint density at radius 1 is 1.07 bits per heavy atom. The zero-order valence-corrected chi connectivity index (χ0v) is 17.5. The van der Waals surface area contributed by atoms with Crippen LogP contribution >= 0.6 is 0 Å². The molecule has 0 saturated heterocycles. The van der Waals surface area contributed by atoms with Crippen molar-refractivity contribution in [1.82, 2.24) is 10.0 Å². The summed E-state index contributed by atoms with van der Waals surface area (Å²) in [5, 5.41) is 2.76. The van der Waals surface area contributed by atoms with Gasteiger partial charge in [-0.2, -0.15) is 0 Å². The second-order valence-electron chi connectivity index (χ2n) is 7.04. The molecule has 0 aliphatic heterocycles. The molecule has 0 bridgehead atoms. The third kappa shape index (κ3) is 6.07. The van der Waals surface area contributed by atoms with Gasteiger partial charge in [0.2, 0.25) is 10.0 Å². The van der Waals surface area contributed by atoms with Gasteiger partial charge in [0.15, 0.2) is 0 Å². The van der Waals surface area contributed by atoms with Gasteiger partial charge in [0, 0.05) is 12.1 Å². The molecule has 7 heteroatoms. The summed E-state index contributed by atoms with van der Waals surface area (Å²) in [4.78, 5) is 12.4. The molecule has 1 atom stereocenters. The molecule has 2 N–H and O–H groups in total. The Labute approximate surface area is 167 Å². The van der Waals surface area contributed by atoms with Gasteiger partial charge >= 0.3 is 0 Å². The van der Waals surface area contributed by atoms with E-state index in [0.717, 1.165) is 12.0 Å². The number of carbonyl (C=O) groups excluding carboxylic acids is 1. The standard InChI is InChI=1S/C21H28N2O4S/c1-15(2)22-21(24)19-14-18(12-13-20(19)27-4)28(25,26)23-16(3)10-11-17-8-6-5-7-9-17/h5-9,12-16,23H,10-11H2,1-4H3,(H,22,24). The number of hydrogen-bond donors (Lipinski definition) is 2. The Morgan fingerprint density at radius 3 is 2.36 bits per heavy atom. The fraction of sp³-hybridized carbons (Fsp3) is 0.381. The molecule has 0 radical (unpaired) electrons. The molecule has 0 fully saturated rings. The van der Waals surface area contributed by atoms with Crippen molar-refractivity contribution in [2.24, 2.45) is 0 Å². The Kier molecular flexibility index (Phi) is 7.60. The van der Waals surface area contributed by atoms with Crippen LogP contribution in [0.25, 0.3) is 0 Å². The molecule has 2 aromatic carbocycles. The van der Waals surface area contributed by atoms with E-state index in [4.69, 9.17) is 4.74 Å². The number of methoxy groups -OCH3 is 1. The minimum atomic E-state index is -3.76. The van der Waals surface area contributed by atoms with Crippen molar-refractivity contribution in [3.63, 3.8) is 0 Å². The quantitative estimate of drug-likeness (QED) is 0.672. The van der Waals surface area contributed by atoms with E-state index in [1.807, 2.05) is 51.1 Å². The van der Waals surface area contributed by atoms with Crippen LogP contribution in [0.4, 0.5) is 0 Å². The maximum atomic E-state index is 12.8. The highest BCUT2D eigenvalue weighted by Gasteiger charge is 2.21. The number of carbonyl (C=O) groups is 1. The molecule has 0 saturated carbocycles. The first kappa shape index (κ1) is 21.9. The van der Waals surface area contributed by atoms with E-state index < -0.39 is 10.0 Å². The van der Waals surface area contributed by atoms with Crippen molar-refractivity contribution in [2.75, 3.05) is 7.11 Å². The van der Waals surface area contributed by atoms with E-state index in [-0.39, 0.29) is 28.4 Å². The number of aryl methyl sites for hydroxylation is 1. The van der Waals surface area contributed by atoms with Gasteiger partial charge in [-0.3, -0.25) is 4.79 Å². The van der Waals surface area contributed by atoms with Gasteiger partial charge in [0.1, 0.15) is 5.75 Å². The minimum absolute atomic E-state index is 0.0359. The maximum absolute atomic E-state index is 12.8. The van der Waals surface area contributed by atoms with Gasteiger partial charge in [-0.15, -0.1) is 0 Å². The average molecular weight is 405 g/mol. The fourth-order valence-electron chi connectivity index (χ4n) is 2.79. The van der Waals surface area contributed by atoms with Crippen LogP contribution in [0.15, 0.2) is 53.4 Å². The SMILES string of the molecule is COc1ccc(S(=O)(=O)NC(C)CCc2ccccc2)cc1C(=O)NC(C)C. The second kappa shape index (κ2) is 9.71. The Bertz CT molecular complexity index is 896. The highest BCUT2D eigenvalue weighted by Crippen LogP contribution is 2.23. The first-order chi connectivity index (χ1) is 13.2. The summed E-state index contributed by atoms with van der Waals surface area (Å²) in [6, 6.07) is 13.9. The molecule has 0 aliphatic rings. The molecule has 0 heterocycles. The van der Waals surface area contributed by atoms with Gasteiger partial charge in [-0.1, -0.05) is 30.3 Å². The fourth-order valence-corrected chi connectivity index (χ4v) is 4.10. The summed E-state index contributed by atoms with van der Waals surface area (Å²) in [5.41, 5.74) is 1.35. The van der Waals surface area contributed by atoms with Crippen LogP contribution in [0, 0.1) is 0 Å². The molecular formula is C21H28N2O4S. The van der Waals surface area contributed by atoms with Crippen molar-refractivity contribution in [1.29, 1.82) is 0 Å². The van der Waals surface area contributed by atoms with Crippen LogP contribution in [-0.4, -0.2) is 33.5 Å². The number of benzene rings is 2. The molecule has 152 valence electrons. The van der Waals surface area contributed by atoms with Crippen molar-refractivity contribution in [3.8, 4) is 5.75 Å². The van der Waals surface area contributed by atoms with Crippen LogP contribution in [0.1, 0.15) is 43.1 Å². The van der Waals surface area contributed by atoms with Gasteiger partial charge in [0.05, 0.1) is 17.6 Å². The van der Waals surface area contributed by atoms with Crippen LogP contribution in [0.2, 0.25) is 0 Å². The highest BCUT2D eigenvalue weighted by molar-refractivity contribution is 7.89. The number of amides is 1. The summed E-state index contributed by atoms with van der Waals surface area (Å²) in [7, 11) is -2.31. The highest BCUT2D eigenvalue weighted by atomic mass is 32.2. The van der Waals surface area contributed by atoms with E-state index in [1.165, 1.54) is 25.3 Å². The van der Waals surface area contributed by atoms with Gasteiger partial charge in [0.25, 0.3) is 5.91 Å². The lowest BCUT2D eigenvalue weighted by molar-refractivity contribution is 0.0940. The zero-order valence-electron chi connectivity index (χ0n) is 16.7. The largest absolute Gasteiger partial charge is 0.496 e. The summed E-state index contributed by atoms with van der Waals surface area (Å²) in [5.74, 6) is -0.0461. The number of ether oxygens (including phenoxy) is 1. The summed E-state index contributed by atoms with van der Waals surface area (Å²) >= 11 is 0. The topological polar surface area (TPSA) is 84.5 Å². The Balaban J connectivity index is 2.14. The van der Waals surface area contributed by atoms with E-state index >= 15 is 0 Å². The first-order valence-corrected chi connectivity index (χ1v) is 10.8. The molecule has 0 aromatic heterocycles. The van der Waals surface area contributed by atoms with E-state index in [2.05, 4.69) is 10.0 Å². The third-order valence-electron chi connectivity index (χ3n) is 4.21. The van der Waals surface area contributed by atoms with Crippen molar-refractivity contribution in [2.45, 2.75) is 50.6 Å². The van der Waals surface area contributed by atoms with Crippen LogP contribution in [-0.2, 0) is 16.4 Å². The van der Waals surface area contributed by atoms with E-state index in [9.17, 15) is 13.2 Å². The lowest BCUT2D eigenvalue weighted by Gasteiger charge is -2.16. The van der Waals surface area contributed by atoms with Crippen molar-refractivity contribution >= 4 is 15.9 Å². The lowest BCUT2D eigenvalue weighted by Crippen LogP contribution is -2.33. The van der Waals surface area contributed by atoms with E-state index in [1.54, 1.807) is 0 Å². The molecule has 1 amide bonds. The Hall–Kier alpha value is -2.38. The molecule has 2 rings (SSSR count). The van der Waals surface area contributed by atoms with Crippen LogP contribution < -0.4 is 14.8 Å². The van der Waals surface area contributed by atoms with Gasteiger partial charge < -0.3 is 10.1 Å². The van der Waals surface area contributed by atoms with Gasteiger partial charge in [-0.25, -0.2) is 13.1 Å². The van der Waals surface area contributed by atoms with Crippen LogP contribution in [0.5, 0.6) is 5.75 Å². The number of sulfonamides is 1. The Morgan fingerprint density at radius 2 is 1.75 bits per heavy atom. The molecule has 0 spiro atoms. The molecule has 1 unspecified atom stereocenters. The monoisotopic (exact) mass is 404 g/mol. The minimum Gasteiger partial charge on any atom is -0.496 e. The number of rotatable bonds is 9. The lowest BCUT2D eigenvalue weighted by atomic mass is 10.1. The summed E-state index contributed by atoms with van der Waals surface area (Å²) < 4.78 is 33.4. The smallest absolute Gasteiger partial charge is 0.255 e. The normalized spacial score (nSPS) is 12.6. The van der Waals surface area contributed by atoms with Crippen molar-refractivity contribution in [3.05, 3.63) is 59.7 Å². The maximum Gasteiger partial charge on any atom is 0.255 e. The first-order valence-electron chi connectivity index (χ1n) is 9.28. The second-order valence-corrected chi connectivity index (χ2v) is 8.75. The molecular weight excluding hydrogens is 376 g/mol. The number of nitrogens with one attached hydrogen (secondary N) is 2. The predicted octanol–water partition coefficient (Wildman–Crippen LogP) is 3.13. The third-order valence-corrected chi connectivity index (χ3v) is 5.80. The summed E-state index contributed by atoms with van der Waals surface area (Å²) in [6.45, 7) is 5.50. The van der Waals surface area contributed by atoms with Crippen molar-refractivity contribution < 1.29 is 17.9 Å². The number of hydrogen-bond acceptors (Lipinski definition) is 4. The van der Waals surface area contributed by atoms with Gasteiger partial charge in [-0.05, 0) is 57.4 Å². The zero-order chi connectivity index (χ0) is 20.7.